The summed E-state index contributed by atoms with van der Waals surface area (Å²) in [4.78, 5) is 26.1. The molecule has 1 heterocycles. The molecule has 4 nitrogen and oxygen atoms in total. The predicted molar refractivity (Wildman–Crippen MR) is 67.8 cm³/mol. The van der Waals surface area contributed by atoms with E-state index in [1.165, 1.54) is 0 Å². The molecule has 1 aliphatic heterocycles. The van der Waals surface area contributed by atoms with E-state index in [2.05, 4.69) is 19.2 Å². The topological polar surface area (TPSA) is 49.4 Å². The van der Waals surface area contributed by atoms with Crippen LogP contribution in [-0.4, -0.2) is 35.3 Å². The van der Waals surface area contributed by atoms with Crippen molar-refractivity contribution in [3.8, 4) is 0 Å². The Bertz CT molecular complexity index is 387. The van der Waals surface area contributed by atoms with Gasteiger partial charge in [-0.2, -0.15) is 0 Å². The molecule has 18 heavy (non-hydrogen) atoms. The van der Waals surface area contributed by atoms with Crippen molar-refractivity contribution >= 4 is 11.8 Å². The molecule has 3 aliphatic rings. The Morgan fingerprint density at radius 3 is 2.50 bits per heavy atom. The van der Waals surface area contributed by atoms with Gasteiger partial charge in [-0.25, -0.2) is 0 Å². The zero-order valence-electron chi connectivity index (χ0n) is 11.2. The summed E-state index contributed by atoms with van der Waals surface area (Å²) >= 11 is 0. The Hall–Kier alpha value is -1.06. The fourth-order valence-electron chi connectivity index (χ4n) is 3.42. The summed E-state index contributed by atoms with van der Waals surface area (Å²) in [6, 6.07) is 0.0507. The molecular formula is C14H22N2O2. The fourth-order valence-corrected chi connectivity index (χ4v) is 3.42. The van der Waals surface area contributed by atoms with E-state index < -0.39 is 0 Å². The van der Waals surface area contributed by atoms with Crippen molar-refractivity contribution in [1.29, 1.82) is 0 Å². The minimum absolute atomic E-state index is 0.0243. The van der Waals surface area contributed by atoms with Crippen molar-refractivity contribution in [2.24, 2.45) is 11.3 Å². The van der Waals surface area contributed by atoms with Crippen LogP contribution in [0.4, 0.5) is 0 Å². The molecule has 1 N–H and O–H groups in total. The first kappa shape index (κ1) is 12.0. The lowest BCUT2D eigenvalue weighted by atomic mass is 9.91. The van der Waals surface area contributed by atoms with Gasteiger partial charge in [0.2, 0.25) is 11.8 Å². The van der Waals surface area contributed by atoms with E-state index in [9.17, 15) is 9.59 Å². The monoisotopic (exact) mass is 250 g/mol. The zero-order chi connectivity index (χ0) is 12.9. The molecule has 2 saturated carbocycles. The fraction of sp³-hybridized carbons (Fsp3) is 0.857. The SMILES string of the molecule is CC1(C)CCC(N2CC(=O)NC(C3CC3)C2=O)C1. The van der Waals surface area contributed by atoms with Gasteiger partial charge in [0.25, 0.3) is 0 Å². The van der Waals surface area contributed by atoms with Gasteiger partial charge in [0.05, 0.1) is 6.54 Å². The van der Waals surface area contributed by atoms with Crippen molar-refractivity contribution in [3.05, 3.63) is 0 Å². The average Bonchev–Trinajstić information content (AvgIpc) is 3.06. The Balaban J connectivity index is 1.74. The van der Waals surface area contributed by atoms with Crippen molar-refractivity contribution in [2.45, 2.75) is 58.0 Å². The Labute approximate surface area is 108 Å². The van der Waals surface area contributed by atoms with E-state index >= 15 is 0 Å². The van der Waals surface area contributed by atoms with Gasteiger partial charge in [0.15, 0.2) is 0 Å². The first-order valence-electron chi connectivity index (χ1n) is 7.06. The molecule has 4 heteroatoms. The molecule has 1 saturated heterocycles. The molecule has 2 amide bonds. The van der Waals surface area contributed by atoms with Crippen molar-refractivity contribution in [1.82, 2.24) is 10.2 Å². The van der Waals surface area contributed by atoms with Crippen LogP contribution in [0.5, 0.6) is 0 Å². The second-order valence-corrected chi connectivity index (χ2v) is 6.91. The highest BCUT2D eigenvalue weighted by atomic mass is 16.2. The van der Waals surface area contributed by atoms with Crippen LogP contribution in [0, 0.1) is 11.3 Å². The number of piperazine rings is 1. The highest BCUT2D eigenvalue weighted by Gasteiger charge is 2.46. The Kier molecular flexibility index (Phi) is 2.65. The lowest BCUT2D eigenvalue weighted by Gasteiger charge is -2.37. The van der Waals surface area contributed by atoms with Gasteiger partial charge in [-0.1, -0.05) is 13.8 Å². The number of nitrogens with one attached hydrogen (secondary N) is 1. The minimum Gasteiger partial charge on any atom is -0.342 e. The van der Waals surface area contributed by atoms with Gasteiger partial charge in [-0.15, -0.1) is 0 Å². The number of hydrogen-bond donors (Lipinski definition) is 1. The Morgan fingerprint density at radius 1 is 1.22 bits per heavy atom. The van der Waals surface area contributed by atoms with E-state index in [4.69, 9.17) is 0 Å². The first-order chi connectivity index (χ1) is 8.46. The smallest absolute Gasteiger partial charge is 0.246 e. The van der Waals surface area contributed by atoms with Crippen molar-refractivity contribution in [2.75, 3.05) is 6.54 Å². The standard InChI is InChI=1S/C14H22N2O2/c1-14(2)6-5-10(7-14)16-8-11(17)15-12(13(16)18)9-3-4-9/h9-10,12H,3-8H2,1-2H3,(H,15,17). The summed E-state index contributed by atoms with van der Waals surface area (Å²) in [7, 11) is 0. The number of rotatable bonds is 2. The normalized spacial score (nSPS) is 35.8. The molecule has 0 aromatic heterocycles. The molecule has 2 aliphatic carbocycles. The molecule has 0 aromatic carbocycles. The third kappa shape index (κ3) is 2.13. The van der Waals surface area contributed by atoms with Crippen LogP contribution < -0.4 is 5.32 Å². The first-order valence-corrected chi connectivity index (χ1v) is 7.06. The maximum atomic E-state index is 12.5. The summed E-state index contributed by atoms with van der Waals surface area (Å²) in [6.07, 6.45) is 5.39. The number of carbonyl (C=O) groups excluding carboxylic acids is 2. The third-order valence-electron chi connectivity index (χ3n) is 4.66. The van der Waals surface area contributed by atoms with Crippen LogP contribution in [0.25, 0.3) is 0 Å². The Morgan fingerprint density at radius 2 is 1.94 bits per heavy atom. The van der Waals surface area contributed by atoms with Crippen LogP contribution in [0.1, 0.15) is 46.0 Å². The molecular weight excluding hydrogens is 228 g/mol. The molecule has 2 atom stereocenters. The second kappa shape index (κ2) is 3.97. The van der Waals surface area contributed by atoms with Gasteiger partial charge in [-0.3, -0.25) is 9.59 Å². The summed E-state index contributed by atoms with van der Waals surface area (Å²) in [5.41, 5.74) is 0.313. The molecule has 3 rings (SSSR count). The van der Waals surface area contributed by atoms with E-state index in [1.54, 1.807) is 0 Å². The van der Waals surface area contributed by atoms with Crippen molar-refractivity contribution < 1.29 is 9.59 Å². The number of hydrogen-bond acceptors (Lipinski definition) is 2. The largest absolute Gasteiger partial charge is 0.342 e. The third-order valence-corrected chi connectivity index (χ3v) is 4.66. The zero-order valence-corrected chi connectivity index (χ0v) is 11.2. The van der Waals surface area contributed by atoms with Crippen LogP contribution in [0.3, 0.4) is 0 Å². The summed E-state index contributed by atoms with van der Waals surface area (Å²) in [5, 5.41) is 2.87. The second-order valence-electron chi connectivity index (χ2n) is 6.91. The van der Waals surface area contributed by atoms with E-state index in [-0.39, 0.29) is 30.4 Å². The number of carbonyl (C=O) groups is 2. The molecule has 0 bridgehead atoms. The lowest BCUT2D eigenvalue weighted by molar-refractivity contribution is -0.147. The van der Waals surface area contributed by atoms with Crippen LogP contribution in [0.2, 0.25) is 0 Å². The molecule has 3 fully saturated rings. The number of amides is 2. The maximum Gasteiger partial charge on any atom is 0.246 e. The van der Waals surface area contributed by atoms with Gasteiger partial charge < -0.3 is 10.2 Å². The van der Waals surface area contributed by atoms with Gasteiger partial charge in [0.1, 0.15) is 6.04 Å². The van der Waals surface area contributed by atoms with Crippen LogP contribution in [0.15, 0.2) is 0 Å². The van der Waals surface area contributed by atoms with Crippen LogP contribution >= 0.6 is 0 Å². The quantitative estimate of drug-likeness (QED) is 0.803. The van der Waals surface area contributed by atoms with E-state index in [1.807, 2.05) is 4.90 Å². The number of nitrogens with zero attached hydrogens (tertiary/aromatic N) is 1. The molecule has 2 unspecified atom stereocenters. The predicted octanol–water partition coefficient (Wildman–Crippen LogP) is 1.30. The van der Waals surface area contributed by atoms with E-state index in [0.29, 0.717) is 11.3 Å². The molecule has 0 radical (unpaired) electrons. The van der Waals surface area contributed by atoms with Gasteiger partial charge >= 0.3 is 0 Å². The average molecular weight is 250 g/mol. The van der Waals surface area contributed by atoms with E-state index in [0.717, 1.165) is 32.1 Å². The summed E-state index contributed by atoms with van der Waals surface area (Å²) in [5.74, 6) is 0.592. The molecule has 100 valence electrons. The summed E-state index contributed by atoms with van der Waals surface area (Å²) in [6.45, 7) is 4.77. The summed E-state index contributed by atoms with van der Waals surface area (Å²) < 4.78 is 0. The molecule has 0 aromatic rings. The highest BCUT2D eigenvalue weighted by molar-refractivity contribution is 5.95. The van der Waals surface area contributed by atoms with Gasteiger partial charge in [-0.05, 0) is 43.4 Å². The van der Waals surface area contributed by atoms with Gasteiger partial charge in [0, 0.05) is 6.04 Å². The minimum atomic E-state index is -0.227. The molecule has 0 spiro atoms. The lowest BCUT2D eigenvalue weighted by Crippen LogP contribution is -2.61. The highest BCUT2D eigenvalue weighted by Crippen LogP contribution is 2.41. The maximum absolute atomic E-state index is 12.5. The van der Waals surface area contributed by atoms with Crippen LogP contribution in [-0.2, 0) is 9.59 Å². The van der Waals surface area contributed by atoms with Crippen molar-refractivity contribution in [3.63, 3.8) is 0 Å².